The summed E-state index contributed by atoms with van der Waals surface area (Å²) in [7, 11) is 0. The van der Waals surface area contributed by atoms with E-state index in [0.29, 0.717) is 6.20 Å². The molecule has 0 amide bonds. The Balaban J connectivity index is 3.57. The highest BCUT2D eigenvalue weighted by Gasteiger charge is 2.40. The molecule has 0 fully saturated rings. The van der Waals surface area contributed by atoms with Crippen LogP contribution in [0.1, 0.15) is 23.2 Å². The fourth-order valence-electron chi connectivity index (χ4n) is 1.30. The third kappa shape index (κ3) is 2.61. The van der Waals surface area contributed by atoms with Crippen molar-refractivity contribution in [2.75, 3.05) is 0 Å². The highest BCUT2D eigenvalue weighted by molar-refractivity contribution is 5.43. The van der Waals surface area contributed by atoms with Gasteiger partial charge in [0.2, 0.25) is 0 Å². The second-order valence-electron chi connectivity index (χ2n) is 3.01. The van der Waals surface area contributed by atoms with Crippen molar-refractivity contribution in [3.8, 4) is 11.8 Å². The highest BCUT2D eigenvalue weighted by atomic mass is 19.4. The van der Waals surface area contributed by atoms with Gasteiger partial charge in [0, 0.05) is 0 Å². The van der Waals surface area contributed by atoms with Crippen LogP contribution in [0, 0.1) is 11.3 Å². The Morgan fingerprint density at radius 2 is 2.00 bits per heavy atom. The number of alkyl halides is 5. The lowest BCUT2D eigenvalue weighted by Gasteiger charge is -2.16. The largest absolute Gasteiger partial charge is 0.506 e. The van der Waals surface area contributed by atoms with Crippen LogP contribution in [0.4, 0.5) is 22.0 Å². The standard InChI is InChI=1S/C9H5F5N2O/c10-8(11)6-5(17)3-16-4(1-2-15)7(6)9(12,13)14/h3,8,17H,1H2. The summed E-state index contributed by atoms with van der Waals surface area (Å²) in [6.45, 7) is 0. The molecule has 0 aliphatic heterocycles. The fourth-order valence-corrected chi connectivity index (χ4v) is 1.30. The van der Waals surface area contributed by atoms with Crippen molar-refractivity contribution in [2.45, 2.75) is 19.0 Å². The SMILES string of the molecule is N#CCc1ncc(O)c(C(F)F)c1C(F)(F)F. The van der Waals surface area contributed by atoms with Crippen LogP contribution in [-0.2, 0) is 12.6 Å². The number of pyridine rings is 1. The van der Waals surface area contributed by atoms with E-state index in [1.165, 1.54) is 6.07 Å². The molecule has 17 heavy (non-hydrogen) atoms. The van der Waals surface area contributed by atoms with E-state index in [2.05, 4.69) is 4.98 Å². The number of hydrogen-bond acceptors (Lipinski definition) is 3. The first-order valence-electron chi connectivity index (χ1n) is 4.22. The van der Waals surface area contributed by atoms with Gasteiger partial charge < -0.3 is 5.11 Å². The lowest BCUT2D eigenvalue weighted by atomic mass is 10.0. The van der Waals surface area contributed by atoms with Crippen LogP contribution < -0.4 is 0 Å². The average Bonchev–Trinajstić information content (AvgIpc) is 2.18. The minimum Gasteiger partial charge on any atom is -0.506 e. The third-order valence-electron chi connectivity index (χ3n) is 1.92. The summed E-state index contributed by atoms with van der Waals surface area (Å²) >= 11 is 0. The Bertz CT molecular complexity index is 464. The van der Waals surface area contributed by atoms with Gasteiger partial charge in [0.25, 0.3) is 6.43 Å². The van der Waals surface area contributed by atoms with Crippen LogP contribution in [0.25, 0.3) is 0 Å². The number of aromatic nitrogens is 1. The van der Waals surface area contributed by atoms with Crippen molar-refractivity contribution in [3.05, 3.63) is 23.0 Å². The first-order valence-corrected chi connectivity index (χ1v) is 4.22. The Kier molecular flexibility index (Phi) is 3.50. The molecular weight excluding hydrogens is 247 g/mol. The fraction of sp³-hybridized carbons (Fsp3) is 0.333. The van der Waals surface area contributed by atoms with Gasteiger partial charge in [-0.2, -0.15) is 18.4 Å². The maximum Gasteiger partial charge on any atom is 0.418 e. The monoisotopic (exact) mass is 252 g/mol. The van der Waals surface area contributed by atoms with Gasteiger partial charge in [-0.25, -0.2) is 8.78 Å². The van der Waals surface area contributed by atoms with E-state index in [0.717, 1.165) is 0 Å². The van der Waals surface area contributed by atoms with Crippen molar-refractivity contribution in [1.29, 1.82) is 5.26 Å². The number of nitriles is 1. The molecule has 0 aliphatic carbocycles. The quantitative estimate of drug-likeness (QED) is 0.823. The van der Waals surface area contributed by atoms with Gasteiger partial charge >= 0.3 is 6.18 Å². The van der Waals surface area contributed by atoms with Gasteiger partial charge in [-0.3, -0.25) is 4.98 Å². The molecular formula is C9H5F5N2O. The molecule has 0 saturated heterocycles. The molecule has 1 rings (SSSR count). The molecule has 1 heterocycles. The summed E-state index contributed by atoms with van der Waals surface area (Å²) in [5.74, 6) is -1.24. The molecule has 1 N–H and O–H groups in total. The van der Waals surface area contributed by atoms with E-state index < -0.39 is 41.6 Å². The molecule has 0 aromatic carbocycles. The lowest BCUT2D eigenvalue weighted by Crippen LogP contribution is -2.15. The van der Waals surface area contributed by atoms with Gasteiger partial charge in [0.15, 0.2) is 0 Å². The van der Waals surface area contributed by atoms with E-state index in [1.54, 1.807) is 0 Å². The van der Waals surface area contributed by atoms with Crippen LogP contribution in [-0.4, -0.2) is 10.1 Å². The lowest BCUT2D eigenvalue weighted by molar-refractivity contribution is -0.140. The Morgan fingerprint density at radius 1 is 1.41 bits per heavy atom. The number of aromatic hydroxyl groups is 1. The molecule has 1 aromatic rings. The highest BCUT2D eigenvalue weighted by Crippen LogP contribution is 2.41. The predicted molar refractivity (Wildman–Crippen MR) is 45.2 cm³/mol. The van der Waals surface area contributed by atoms with E-state index in [9.17, 15) is 22.0 Å². The number of halogens is 5. The summed E-state index contributed by atoms with van der Waals surface area (Å²) < 4.78 is 62.7. The summed E-state index contributed by atoms with van der Waals surface area (Å²) in [6, 6.07) is 1.39. The maximum atomic E-state index is 12.6. The summed E-state index contributed by atoms with van der Waals surface area (Å²) in [4.78, 5) is 3.15. The molecule has 0 bridgehead atoms. The van der Waals surface area contributed by atoms with E-state index >= 15 is 0 Å². The first kappa shape index (κ1) is 13.2. The molecule has 0 aliphatic rings. The minimum absolute atomic E-state index is 0.476. The normalized spacial score (nSPS) is 11.6. The van der Waals surface area contributed by atoms with Crippen molar-refractivity contribution in [1.82, 2.24) is 4.98 Å². The van der Waals surface area contributed by atoms with Crippen molar-refractivity contribution in [2.24, 2.45) is 0 Å². The van der Waals surface area contributed by atoms with Crippen LogP contribution in [0.5, 0.6) is 5.75 Å². The van der Waals surface area contributed by atoms with Crippen molar-refractivity contribution < 1.29 is 27.1 Å². The molecule has 0 saturated carbocycles. The van der Waals surface area contributed by atoms with Crippen molar-refractivity contribution >= 4 is 0 Å². The van der Waals surface area contributed by atoms with E-state index in [-0.39, 0.29) is 0 Å². The zero-order valence-electron chi connectivity index (χ0n) is 8.09. The summed E-state index contributed by atoms with van der Waals surface area (Å²) in [5, 5.41) is 17.3. The van der Waals surface area contributed by atoms with Gasteiger partial charge in [0.05, 0.1) is 35.5 Å². The maximum absolute atomic E-state index is 12.6. The van der Waals surface area contributed by atoms with Crippen LogP contribution >= 0.6 is 0 Å². The third-order valence-corrected chi connectivity index (χ3v) is 1.92. The molecule has 0 unspecified atom stereocenters. The molecule has 0 spiro atoms. The van der Waals surface area contributed by atoms with Crippen molar-refractivity contribution in [3.63, 3.8) is 0 Å². The van der Waals surface area contributed by atoms with Gasteiger partial charge in [-0.15, -0.1) is 0 Å². The molecule has 92 valence electrons. The van der Waals surface area contributed by atoms with Crippen LogP contribution in [0.2, 0.25) is 0 Å². The molecule has 1 aromatic heterocycles. The number of hydrogen-bond donors (Lipinski definition) is 1. The van der Waals surface area contributed by atoms with Gasteiger partial charge in [0.1, 0.15) is 5.75 Å². The Labute approximate surface area is 92.1 Å². The summed E-state index contributed by atoms with van der Waals surface area (Å²) in [5.41, 5.74) is -4.11. The Morgan fingerprint density at radius 3 is 2.41 bits per heavy atom. The van der Waals surface area contributed by atoms with Crippen LogP contribution in [0.15, 0.2) is 6.20 Å². The average molecular weight is 252 g/mol. The smallest absolute Gasteiger partial charge is 0.418 e. The predicted octanol–water partition coefficient (Wildman–Crippen LogP) is 2.81. The second kappa shape index (κ2) is 4.53. The zero-order valence-corrected chi connectivity index (χ0v) is 8.09. The topological polar surface area (TPSA) is 56.9 Å². The van der Waals surface area contributed by atoms with Crippen LogP contribution in [0.3, 0.4) is 0 Å². The summed E-state index contributed by atoms with van der Waals surface area (Å²) in [6.07, 6.45) is -8.91. The molecule has 8 heteroatoms. The first-order chi connectivity index (χ1) is 7.79. The number of rotatable bonds is 2. The van der Waals surface area contributed by atoms with E-state index in [1.807, 2.05) is 0 Å². The molecule has 0 atom stereocenters. The zero-order chi connectivity index (χ0) is 13.2. The van der Waals surface area contributed by atoms with Gasteiger partial charge in [-0.05, 0) is 0 Å². The minimum atomic E-state index is -5.11. The molecule has 3 nitrogen and oxygen atoms in total. The van der Waals surface area contributed by atoms with Gasteiger partial charge in [-0.1, -0.05) is 0 Å². The Hall–Kier alpha value is -1.91. The number of nitrogens with zero attached hydrogens (tertiary/aromatic N) is 2. The van der Waals surface area contributed by atoms with E-state index in [4.69, 9.17) is 10.4 Å². The second-order valence-corrected chi connectivity index (χ2v) is 3.01. The molecule has 0 radical (unpaired) electrons.